The molecule has 0 aliphatic carbocycles. The van der Waals surface area contributed by atoms with Gasteiger partial charge in [-0.25, -0.2) is 5.01 Å². The van der Waals surface area contributed by atoms with Gasteiger partial charge < -0.3 is 4.18 Å². The van der Waals surface area contributed by atoms with Crippen LogP contribution < -0.4 is 9.32 Å². The van der Waals surface area contributed by atoms with E-state index in [0.717, 1.165) is 22.4 Å². The number of carbonyl (C=O) groups excluding carboxylic acids is 1. The number of rotatable bonds is 4. The molecule has 2 N–H and O–H groups in total. The first-order valence-corrected chi connectivity index (χ1v) is 9.46. The fourth-order valence-corrected chi connectivity index (χ4v) is 3.24. The Hall–Kier alpha value is -2.71. The molecule has 1 atom stereocenters. The van der Waals surface area contributed by atoms with Crippen molar-refractivity contribution < 1.29 is 17.4 Å². The Labute approximate surface area is 152 Å². The molecule has 0 aromatic heterocycles. The van der Waals surface area contributed by atoms with E-state index in [9.17, 15) is 13.2 Å². The van der Waals surface area contributed by atoms with E-state index < -0.39 is 10.3 Å². The highest BCUT2D eigenvalue weighted by molar-refractivity contribution is 7.84. The molecule has 7 nitrogen and oxygen atoms in total. The molecule has 0 saturated heterocycles. The standard InChI is InChI=1S/C18H19N3O4S/c1-12-3-5-15(6-4-12)18-11-17(20-21(18)13(2)22)14-7-9-16(10-8-14)25-26(19,23)24/h3-10,18H,11H2,1-2H3,(H2,19,23,24). The first-order valence-electron chi connectivity index (χ1n) is 7.99. The maximum Gasteiger partial charge on any atom is 0.380 e. The second-order valence-electron chi connectivity index (χ2n) is 6.14. The molecule has 0 saturated carbocycles. The van der Waals surface area contributed by atoms with Crippen molar-refractivity contribution in [1.29, 1.82) is 0 Å². The lowest BCUT2D eigenvalue weighted by molar-refractivity contribution is -0.130. The van der Waals surface area contributed by atoms with Gasteiger partial charge in [-0.05, 0) is 42.3 Å². The van der Waals surface area contributed by atoms with Crippen molar-refractivity contribution in [3.05, 3.63) is 65.2 Å². The molecular formula is C18H19N3O4S. The summed E-state index contributed by atoms with van der Waals surface area (Å²) in [5, 5.41) is 10.8. The number of nitrogens with zero attached hydrogens (tertiary/aromatic N) is 2. The lowest BCUT2D eigenvalue weighted by atomic mass is 9.98. The number of amides is 1. The van der Waals surface area contributed by atoms with E-state index in [1.165, 1.54) is 24.1 Å². The van der Waals surface area contributed by atoms with Crippen molar-refractivity contribution in [2.24, 2.45) is 10.2 Å². The van der Waals surface area contributed by atoms with Crippen molar-refractivity contribution >= 4 is 21.9 Å². The summed E-state index contributed by atoms with van der Waals surface area (Å²) in [6.45, 7) is 3.49. The number of hydrogen-bond donors (Lipinski definition) is 1. The fraction of sp³-hybridized carbons (Fsp3) is 0.222. The third-order valence-corrected chi connectivity index (χ3v) is 4.52. The molecule has 2 aromatic carbocycles. The van der Waals surface area contributed by atoms with Crippen LogP contribution in [0.3, 0.4) is 0 Å². The average molecular weight is 373 g/mol. The summed E-state index contributed by atoms with van der Waals surface area (Å²) in [6.07, 6.45) is 0.567. The summed E-state index contributed by atoms with van der Waals surface area (Å²) in [5.41, 5.74) is 3.69. The first-order chi connectivity index (χ1) is 12.2. The largest absolute Gasteiger partial charge is 0.380 e. The van der Waals surface area contributed by atoms with Crippen LogP contribution in [-0.4, -0.2) is 25.0 Å². The van der Waals surface area contributed by atoms with Gasteiger partial charge in [0.15, 0.2) is 0 Å². The van der Waals surface area contributed by atoms with Crippen molar-refractivity contribution in [1.82, 2.24) is 5.01 Å². The highest BCUT2D eigenvalue weighted by Crippen LogP contribution is 2.33. The van der Waals surface area contributed by atoms with Gasteiger partial charge in [0.1, 0.15) is 5.75 Å². The SMILES string of the molecule is CC(=O)N1N=C(c2ccc(OS(N)(=O)=O)cc2)CC1c1ccc(C)cc1. The number of aryl methyl sites for hydroxylation is 1. The third-order valence-electron chi connectivity index (χ3n) is 4.10. The van der Waals surface area contributed by atoms with Gasteiger partial charge in [0.2, 0.25) is 5.91 Å². The van der Waals surface area contributed by atoms with E-state index in [0.29, 0.717) is 6.42 Å². The molecule has 1 aliphatic heterocycles. The van der Waals surface area contributed by atoms with Crippen LogP contribution in [0.15, 0.2) is 53.6 Å². The number of hydrazone groups is 1. The van der Waals surface area contributed by atoms with Gasteiger partial charge in [0.25, 0.3) is 0 Å². The molecule has 2 aromatic rings. The van der Waals surface area contributed by atoms with Gasteiger partial charge in [-0.3, -0.25) is 4.79 Å². The maximum atomic E-state index is 12.0. The molecule has 0 fully saturated rings. The minimum Gasteiger partial charge on any atom is -0.371 e. The summed E-state index contributed by atoms with van der Waals surface area (Å²) in [4.78, 5) is 12.0. The van der Waals surface area contributed by atoms with Crippen LogP contribution >= 0.6 is 0 Å². The Morgan fingerprint density at radius 1 is 1.15 bits per heavy atom. The number of carbonyl (C=O) groups is 1. The van der Waals surface area contributed by atoms with Crippen LogP contribution in [0.25, 0.3) is 0 Å². The summed E-state index contributed by atoms with van der Waals surface area (Å²) in [6, 6.07) is 14.2. The minimum absolute atomic E-state index is 0.119. The smallest absolute Gasteiger partial charge is 0.371 e. The molecule has 1 heterocycles. The molecule has 8 heteroatoms. The first kappa shape index (κ1) is 18.1. The fourth-order valence-electron chi connectivity index (χ4n) is 2.86. The summed E-state index contributed by atoms with van der Waals surface area (Å²) in [5.74, 6) is -0.0203. The van der Waals surface area contributed by atoms with Crippen LogP contribution in [-0.2, 0) is 15.1 Å². The molecule has 3 rings (SSSR count). The molecular weight excluding hydrogens is 354 g/mol. The van der Waals surface area contributed by atoms with Crippen molar-refractivity contribution in [2.75, 3.05) is 0 Å². The molecule has 0 spiro atoms. The Kier molecular flexibility index (Phi) is 4.80. The van der Waals surface area contributed by atoms with Gasteiger partial charge in [0, 0.05) is 13.3 Å². The van der Waals surface area contributed by atoms with Crippen molar-refractivity contribution in [3.8, 4) is 5.75 Å². The Bertz CT molecular complexity index is 951. The minimum atomic E-state index is -4.06. The Morgan fingerprint density at radius 2 is 1.77 bits per heavy atom. The van der Waals surface area contributed by atoms with E-state index in [2.05, 4.69) is 9.28 Å². The van der Waals surface area contributed by atoms with Gasteiger partial charge in [-0.1, -0.05) is 29.8 Å². The molecule has 1 aliphatic rings. The van der Waals surface area contributed by atoms with E-state index in [1.54, 1.807) is 12.1 Å². The molecule has 0 radical (unpaired) electrons. The van der Waals surface area contributed by atoms with Crippen LogP contribution in [0.1, 0.15) is 36.1 Å². The van der Waals surface area contributed by atoms with E-state index in [-0.39, 0.29) is 17.7 Å². The van der Waals surface area contributed by atoms with Crippen molar-refractivity contribution in [2.45, 2.75) is 26.3 Å². The second kappa shape index (κ2) is 6.89. The topological polar surface area (TPSA) is 102 Å². The van der Waals surface area contributed by atoms with E-state index >= 15 is 0 Å². The molecule has 26 heavy (non-hydrogen) atoms. The zero-order chi connectivity index (χ0) is 18.9. The summed E-state index contributed by atoms with van der Waals surface area (Å²) >= 11 is 0. The Morgan fingerprint density at radius 3 is 2.31 bits per heavy atom. The zero-order valence-corrected chi connectivity index (χ0v) is 15.2. The highest BCUT2D eigenvalue weighted by atomic mass is 32.2. The van der Waals surface area contributed by atoms with Crippen LogP contribution in [0.2, 0.25) is 0 Å². The monoisotopic (exact) mass is 373 g/mol. The van der Waals surface area contributed by atoms with Gasteiger partial charge >= 0.3 is 10.3 Å². The predicted molar refractivity (Wildman–Crippen MR) is 97.8 cm³/mol. The maximum absolute atomic E-state index is 12.0. The lowest BCUT2D eigenvalue weighted by Gasteiger charge is -2.20. The summed E-state index contributed by atoms with van der Waals surface area (Å²) in [7, 11) is -4.06. The normalized spacial score (nSPS) is 17.1. The average Bonchev–Trinajstić information content (AvgIpc) is 3.00. The van der Waals surface area contributed by atoms with Crippen molar-refractivity contribution in [3.63, 3.8) is 0 Å². The molecule has 136 valence electrons. The zero-order valence-electron chi connectivity index (χ0n) is 14.4. The number of hydrogen-bond acceptors (Lipinski definition) is 5. The Balaban J connectivity index is 1.85. The molecule has 1 amide bonds. The quantitative estimate of drug-likeness (QED) is 0.888. The highest BCUT2D eigenvalue weighted by Gasteiger charge is 2.31. The number of benzene rings is 2. The molecule has 0 bridgehead atoms. The second-order valence-corrected chi connectivity index (χ2v) is 7.29. The lowest BCUT2D eigenvalue weighted by Crippen LogP contribution is -2.24. The van der Waals surface area contributed by atoms with E-state index in [4.69, 9.17) is 5.14 Å². The predicted octanol–water partition coefficient (Wildman–Crippen LogP) is 2.27. The van der Waals surface area contributed by atoms with Crippen LogP contribution in [0, 0.1) is 6.92 Å². The third kappa shape index (κ3) is 4.09. The van der Waals surface area contributed by atoms with Gasteiger partial charge in [0.05, 0.1) is 11.8 Å². The van der Waals surface area contributed by atoms with Gasteiger partial charge in [-0.2, -0.15) is 18.7 Å². The molecule has 1 unspecified atom stereocenters. The van der Waals surface area contributed by atoms with Crippen LogP contribution in [0.5, 0.6) is 5.75 Å². The summed E-state index contributed by atoms with van der Waals surface area (Å²) < 4.78 is 26.6. The van der Waals surface area contributed by atoms with Gasteiger partial charge in [-0.15, -0.1) is 0 Å². The van der Waals surface area contributed by atoms with Crippen LogP contribution in [0.4, 0.5) is 0 Å². The van der Waals surface area contributed by atoms with E-state index in [1.807, 2.05) is 31.2 Å². The number of nitrogens with two attached hydrogens (primary N) is 1.